The molecule has 5 heteroatoms. The Morgan fingerprint density at radius 1 is 0.923 bits per heavy atom. The summed E-state index contributed by atoms with van der Waals surface area (Å²) < 4.78 is 24.6. The van der Waals surface area contributed by atoms with Crippen molar-refractivity contribution in [3.05, 3.63) is 95.3 Å². The summed E-state index contributed by atoms with van der Waals surface area (Å²) in [5.41, 5.74) is 7.87. The zero-order chi connectivity index (χ0) is 18.4. The van der Waals surface area contributed by atoms with Crippen LogP contribution in [0.2, 0.25) is 0 Å². The van der Waals surface area contributed by atoms with Gasteiger partial charge in [-0.2, -0.15) is 0 Å². The number of carbonyl (C=O) groups is 1. The second-order valence-electron chi connectivity index (χ2n) is 5.69. The first kappa shape index (κ1) is 17.5. The summed E-state index contributed by atoms with van der Waals surface area (Å²) in [6, 6.07) is 20.4. The Bertz CT molecular complexity index is 897. The van der Waals surface area contributed by atoms with Crippen LogP contribution in [0, 0.1) is 5.82 Å². The Morgan fingerprint density at radius 3 is 2.42 bits per heavy atom. The molecule has 0 aliphatic rings. The third-order valence-corrected chi connectivity index (χ3v) is 3.80. The molecule has 0 aliphatic heterocycles. The van der Waals surface area contributed by atoms with Gasteiger partial charge >= 0.3 is 5.97 Å². The van der Waals surface area contributed by atoms with Gasteiger partial charge in [0.1, 0.15) is 24.8 Å². The molecule has 0 heterocycles. The number of carbonyl (C=O) groups excluding carboxylic acids is 1. The van der Waals surface area contributed by atoms with Crippen LogP contribution in [0.25, 0.3) is 0 Å². The molecule has 0 aromatic heterocycles. The Labute approximate surface area is 151 Å². The van der Waals surface area contributed by atoms with Crippen LogP contribution >= 0.6 is 0 Å². The minimum Gasteiger partial charge on any atom is -0.487 e. The van der Waals surface area contributed by atoms with E-state index in [9.17, 15) is 9.18 Å². The van der Waals surface area contributed by atoms with Gasteiger partial charge in [-0.3, -0.25) is 0 Å². The number of benzene rings is 3. The largest absolute Gasteiger partial charge is 0.487 e. The summed E-state index contributed by atoms with van der Waals surface area (Å²) >= 11 is 0. The van der Waals surface area contributed by atoms with E-state index in [1.807, 2.05) is 30.3 Å². The molecule has 2 N–H and O–H groups in total. The van der Waals surface area contributed by atoms with Gasteiger partial charge in [-0.15, -0.1) is 0 Å². The van der Waals surface area contributed by atoms with Crippen LogP contribution in [0.1, 0.15) is 21.5 Å². The van der Waals surface area contributed by atoms with Gasteiger partial charge < -0.3 is 15.2 Å². The average Bonchev–Trinajstić information content (AvgIpc) is 2.67. The highest BCUT2D eigenvalue weighted by Crippen LogP contribution is 2.25. The molecular formula is C21H18FNO3. The summed E-state index contributed by atoms with van der Waals surface area (Å²) in [6.07, 6.45) is 0. The first-order valence-electron chi connectivity index (χ1n) is 8.10. The van der Waals surface area contributed by atoms with Crippen molar-refractivity contribution in [2.45, 2.75) is 13.2 Å². The molecule has 0 saturated heterocycles. The number of ether oxygens (including phenoxy) is 2. The van der Waals surface area contributed by atoms with E-state index < -0.39 is 5.97 Å². The molecule has 0 amide bonds. The lowest BCUT2D eigenvalue weighted by Gasteiger charge is -2.11. The molecule has 3 aromatic rings. The Hall–Kier alpha value is -3.34. The molecule has 132 valence electrons. The van der Waals surface area contributed by atoms with Crippen molar-refractivity contribution >= 4 is 11.7 Å². The molecular weight excluding hydrogens is 333 g/mol. The van der Waals surface area contributed by atoms with E-state index >= 15 is 0 Å². The van der Waals surface area contributed by atoms with Gasteiger partial charge in [0.25, 0.3) is 0 Å². The first-order valence-corrected chi connectivity index (χ1v) is 8.10. The van der Waals surface area contributed by atoms with E-state index in [0.717, 1.165) is 5.56 Å². The van der Waals surface area contributed by atoms with Gasteiger partial charge in [-0.25, -0.2) is 9.18 Å². The minimum absolute atomic E-state index is 0.0133. The summed E-state index contributed by atoms with van der Waals surface area (Å²) in [7, 11) is 0. The van der Waals surface area contributed by atoms with Crippen LogP contribution in [-0.2, 0) is 18.0 Å². The number of anilines is 1. The Balaban J connectivity index is 1.66. The molecule has 0 radical (unpaired) electrons. The standard InChI is InChI=1S/C21H18FNO3/c22-18-9-5-4-8-17(18)14-25-20-12-16(10-11-19(20)23)21(24)26-13-15-6-2-1-3-7-15/h1-12H,13-14,23H2. The van der Waals surface area contributed by atoms with Gasteiger partial charge in [0.2, 0.25) is 0 Å². The molecule has 0 saturated carbocycles. The van der Waals surface area contributed by atoms with Crippen LogP contribution in [0.4, 0.5) is 10.1 Å². The molecule has 0 bridgehead atoms. The molecule has 3 rings (SSSR count). The molecule has 0 unspecified atom stereocenters. The molecule has 0 spiro atoms. The van der Waals surface area contributed by atoms with Crippen LogP contribution in [-0.4, -0.2) is 5.97 Å². The summed E-state index contributed by atoms with van der Waals surface area (Å²) in [6.45, 7) is 0.189. The fourth-order valence-corrected chi connectivity index (χ4v) is 2.36. The Kier molecular flexibility index (Phi) is 5.49. The van der Waals surface area contributed by atoms with Gasteiger partial charge in [0.15, 0.2) is 0 Å². The number of nitrogen functional groups attached to an aromatic ring is 1. The number of hydrogen-bond acceptors (Lipinski definition) is 4. The number of hydrogen-bond donors (Lipinski definition) is 1. The molecule has 0 fully saturated rings. The van der Waals surface area contributed by atoms with E-state index in [0.29, 0.717) is 22.6 Å². The van der Waals surface area contributed by atoms with Crippen molar-refractivity contribution in [3.8, 4) is 5.75 Å². The topological polar surface area (TPSA) is 61.6 Å². The highest BCUT2D eigenvalue weighted by atomic mass is 19.1. The van der Waals surface area contributed by atoms with Crippen LogP contribution in [0.3, 0.4) is 0 Å². The van der Waals surface area contributed by atoms with Gasteiger partial charge in [0.05, 0.1) is 11.3 Å². The predicted molar refractivity (Wildman–Crippen MR) is 97.1 cm³/mol. The molecule has 0 aliphatic carbocycles. The van der Waals surface area contributed by atoms with Gasteiger partial charge in [-0.05, 0) is 29.8 Å². The second-order valence-corrected chi connectivity index (χ2v) is 5.69. The second kappa shape index (κ2) is 8.16. The zero-order valence-corrected chi connectivity index (χ0v) is 14.0. The van der Waals surface area contributed by atoms with E-state index in [4.69, 9.17) is 15.2 Å². The molecule has 4 nitrogen and oxygen atoms in total. The summed E-state index contributed by atoms with van der Waals surface area (Å²) in [5, 5.41) is 0. The van der Waals surface area contributed by atoms with E-state index in [2.05, 4.69) is 0 Å². The minimum atomic E-state index is -0.482. The maximum atomic E-state index is 13.7. The summed E-state index contributed by atoms with van der Waals surface area (Å²) in [5.74, 6) is -0.531. The highest BCUT2D eigenvalue weighted by Gasteiger charge is 2.12. The van der Waals surface area contributed by atoms with E-state index in [1.165, 1.54) is 12.1 Å². The lowest BCUT2D eigenvalue weighted by Crippen LogP contribution is -2.07. The van der Waals surface area contributed by atoms with Crippen molar-refractivity contribution < 1.29 is 18.7 Å². The third kappa shape index (κ3) is 4.39. The average molecular weight is 351 g/mol. The van der Waals surface area contributed by atoms with Crippen LogP contribution in [0.5, 0.6) is 5.75 Å². The molecule has 0 atom stereocenters. The maximum Gasteiger partial charge on any atom is 0.338 e. The monoisotopic (exact) mass is 351 g/mol. The highest BCUT2D eigenvalue weighted by molar-refractivity contribution is 5.90. The number of nitrogens with two attached hydrogens (primary N) is 1. The molecule has 26 heavy (non-hydrogen) atoms. The fourth-order valence-electron chi connectivity index (χ4n) is 2.36. The lowest BCUT2D eigenvalue weighted by atomic mass is 10.2. The van der Waals surface area contributed by atoms with Crippen molar-refractivity contribution in [3.63, 3.8) is 0 Å². The maximum absolute atomic E-state index is 13.7. The normalized spacial score (nSPS) is 10.3. The number of halogens is 1. The lowest BCUT2D eigenvalue weighted by molar-refractivity contribution is 0.0472. The first-order chi connectivity index (χ1) is 12.6. The zero-order valence-electron chi connectivity index (χ0n) is 14.0. The quantitative estimate of drug-likeness (QED) is 0.530. The Morgan fingerprint density at radius 2 is 1.65 bits per heavy atom. The van der Waals surface area contributed by atoms with Gasteiger partial charge in [0, 0.05) is 5.56 Å². The van der Waals surface area contributed by atoms with E-state index in [1.54, 1.807) is 30.3 Å². The van der Waals surface area contributed by atoms with Crippen molar-refractivity contribution in [1.29, 1.82) is 0 Å². The summed E-state index contributed by atoms with van der Waals surface area (Å²) in [4.78, 5) is 12.2. The predicted octanol–water partition coefficient (Wildman–Crippen LogP) is 4.34. The number of esters is 1. The third-order valence-electron chi connectivity index (χ3n) is 3.80. The van der Waals surface area contributed by atoms with Crippen molar-refractivity contribution in [2.75, 3.05) is 5.73 Å². The van der Waals surface area contributed by atoms with Crippen molar-refractivity contribution in [1.82, 2.24) is 0 Å². The fraction of sp³-hybridized carbons (Fsp3) is 0.0952. The van der Waals surface area contributed by atoms with E-state index in [-0.39, 0.29) is 19.0 Å². The van der Waals surface area contributed by atoms with Gasteiger partial charge in [-0.1, -0.05) is 48.5 Å². The number of rotatable bonds is 6. The van der Waals surface area contributed by atoms with Crippen molar-refractivity contribution in [2.24, 2.45) is 0 Å². The SMILES string of the molecule is Nc1ccc(C(=O)OCc2ccccc2)cc1OCc1ccccc1F. The van der Waals surface area contributed by atoms with Crippen LogP contribution < -0.4 is 10.5 Å². The van der Waals surface area contributed by atoms with Crippen LogP contribution in [0.15, 0.2) is 72.8 Å². The molecule has 3 aromatic carbocycles. The smallest absolute Gasteiger partial charge is 0.338 e.